The van der Waals surface area contributed by atoms with E-state index in [2.05, 4.69) is 9.97 Å². The molecular formula is C12H7ClFN3O. The van der Waals surface area contributed by atoms with Gasteiger partial charge in [0.15, 0.2) is 5.65 Å². The van der Waals surface area contributed by atoms with Crippen molar-refractivity contribution in [1.82, 2.24) is 14.5 Å². The van der Waals surface area contributed by atoms with Crippen LogP contribution in [0.1, 0.15) is 0 Å². The Balaban J connectivity index is 2.41. The second-order valence-electron chi connectivity index (χ2n) is 3.73. The van der Waals surface area contributed by atoms with Crippen LogP contribution in [0.15, 0.2) is 41.3 Å². The minimum atomic E-state index is -0.459. The van der Waals surface area contributed by atoms with Crippen molar-refractivity contribution < 1.29 is 4.39 Å². The molecule has 0 atom stereocenters. The van der Waals surface area contributed by atoms with Gasteiger partial charge in [0.1, 0.15) is 5.82 Å². The zero-order valence-electron chi connectivity index (χ0n) is 9.02. The van der Waals surface area contributed by atoms with E-state index in [-0.39, 0.29) is 0 Å². The van der Waals surface area contributed by atoms with Crippen molar-refractivity contribution in [3.63, 3.8) is 0 Å². The van der Waals surface area contributed by atoms with Crippen molar-refractivity contribution in [1.29, 1.82) is 0 Å². The van der Waals surface area contributed by atoms with Gasteiger partial charge < -0.3 is 0 Å². The van der Waals surface area contributed by atoms with Crippen molar-refractivity contribution in [2.24, 2.45) is 0 Å². The standard InChI is InChI=1S/C12H7ClFN3O/c13-8-4-3-7(14)6-10(8)17-9-2-1-5-15-11(9)16-12(17)18/h1-6H,(H,15,16,18). The molecule has 2 heterocycles. The topological polar surface area (TPSA) is 50.7 Å². The molecule has 0 radical (unpaired) electrons. The average Bonchev–Trinajstić information content (AvgIpc) is 2.68. The third-order valence-electron chi connectivity index (χ3n) is 2.60. The second kappa shape index (κ2) is 3.96. The maximum absolute atomic E-state index is 13.3. The number of aromatic nitrogens is 3. The maximum atomic E-state index is 13.3. The van der Waals surface area contributed by atoms with E-state index in [1.54, 1.807) is 18.3 Å². The number of rotatable bonds is 1. The maximum Gasteiger partial charge on any atom is 0.332 e. The molecule has 1 N–H and O–H groups in total. The number of fused-ring (bicyclic) bond motifs is 1. The van der Waals surface area contributed by atoms with Crippen LogP contribution in [0.5, 0.6) is 0 Å². The van der Waals surface area contributed by atoms with Gasteiger partial charge in [-0.3, -0.25) is 9.55 Å². The lowest BCUT2D eigenvalue weighted by atomic mass is 10.3. The number of hydrogen-bond acceptors (Lipinski definition) is 2. The Morgan fingerprint density at radius 1 is 1.33 bits per heavy atom. The van der Waals surface area contributed by atoms with Crippen LogP contribution in [0.25, 0.3) is 16.9 Å². The molecule has 0 aliphatic heterocycles. The molecule has 2 aromatic heterocycles. The van der Waals surface area contributed by atoms with E-state index in [4.69, 9.17) is 11.6 Å². The molecule has 3 aromatic rings. The van der Waals surface area contributed by atoms with E-state index >= 15 is 0 Å². The van der Waals surface area contributed by atoms with Crippen LogP contribution in [0, 0.1) is 5.82 Å². The Morgan fingerprint density at radius 2 is 2.17 bits per heavy atom. The number of imidazole rings is 1. The first-order chi connectivity index (χ1) is 8.66. The van der Waals surface area contributed by atoms with E-state index in [0.717, 1.165) is 0 Å². The van der Waals surface area contributed by atoms with E-state index in [1.165, 1.54) is 22.8 Å². The molecule has 0 aliphatic rings. The number of hydrogen-bond donors (Lipinski definition) is 1. The summed E-state index contributed by atoms with van der Waals surface area (Å²) in [6.07, 6.45) is 1.57. The highest BCUT2D eigenvalue weighted by molar-refractivity contribution is 6.32. The van der Waals surface area contributed by atoms with Crippen molar-refractivity contribution in [3.05, 3.63) is 57.9 Å². The Bertz CT molecular complexity index is 793. The van der Waals surface area contributed by atoms with Crippen molar-refractivity contribution in [3.8, 4) is 5.69 Å². The molecule has 6 heteroatoms. The molecule has 0 saturated heterocycles. The minimum Gasteiger partial charge on any atom is -0.290 e. The molecule has 3 rings (SSSR count). The molecule has 1 aromatic carbocycles. The predicted octanol–water partition coefficient (Wildman–Crippen LogP) is 2.51. The summed E-state index contributed by atoms with van der Waals surface area (Å²) in [5.74, 6) is -0.459. The lowest BCUT2D eigenvalue weighted by Gasteiger charge is -2.05. The fourth-order valence-electron chi connectivity index (χ4n) is 1.84. The molecule has 18 heavy (non-hydrogen) atoms. The molecule has 0 aliphatic carbocycles. The normalized spacial score (nSPS) is 11.0. The van der Waals surface area contributed by atoms with Crippen molar-refractivity contribution in [2.45, 2.75) is 0 Å². The summed E-state index contributed by atoms with van der Waals surface area (Å²) < 4.78 is 14.6. The van der Waals surface area contributed by atoms with Crippen molar-refractivity contribution >= 4 is 22.8 Å². The first kappa shape index (κ1) is 11.0. The van der Waals surface area contributed by atoms with Crippen molar-refractivity contribution in [2.75, 3.05) is 0 Å². The fourth-order valence-corrected chi connectivity index (χ4v) is 2.04. The highest BCUT2D eigenvalue weighted by Crippen LogP contribution is 2.22. The number of aromatic amines is 1. The van der Waals surface area contributed by atoms with E-state index in [0.29, 0.717) is 21.9 Å². The number of pyridine rings is 1. The zero-order valence-corrected chi connectivity index (χ0v) is 9.78. The monoisotopic (exact) mass is 263 g/mol. The first-order valence-corrected chi connectivity index (χ1v) is 5.56. The third-order valence-corrected chi connectivity index (χ3v) is 2.92. The van der Waals surface area contributed by atoms with Crippen LogP contribution < -0.4 is 5.69 Å². The van der Waals surface area contributed by atoms with Crippen LogP contribution in [-0.2, 0) is 0 Å². The predicted molar refractivity (Wildman–Crippen MR) is 66.7 cm³/mol. The van der Waals surface area contributed by atoms with Crippen LogP contribution in [0.3, 0.4) is 0 Å². The minimum absolute atomic E-state index is 0.293. The molecular weight excluding hydrogens is 257 g/mol. The number of halogens is 2. The van der Waals surface area contributed by atoms with Gasteiger partial charge >= 0.3 is 5.69 Å². The largest absolute Gasteiger partial charge is 0.332 e. The second-order valence-corrected chi connectivity index (χ2v) is 4.14. The highest BCUT2D eigenvalue weighted by Gasteiger charge is 2.12. The Morgan fingerprint density at radius 3 is 3.00 bits per heavy atom. The quantitative estimate of drug-likeness (QED) is 0.733. The summed E-state index contributed by atoms with van der Waals surface area (Å²) in [6, 6.07) is 7.27. The smallest absolute Gasteiger partial charge is 0.290 e. The van der Waals surface area contributed by atoms with Gasteiger partial charge in [-0.1, -0.05) is 11.6 Å². The Hall–Kier alpha value is -2.14. The summed E-state index contributed by atoms with van der Waals surface area (Å²) in [4.78, 5) is 18.5. The van der Waals surface area contributed by atoms with Crippen LogP contribution in [0.2, 0.25) is 5.02 Å². The van der Waals surface area contributed by atoms with Crippen LogP contribution in [-0.4, -0.2) is 14.5 Å². The van der Waals surface area contributed by atoms with Gasteiger partial charge in [-0.2, -0.15) is 0 Å². The summed E-state index contributed by atoms with van der Waals surface area (Å²) in [7, 11) is 0. The zero-order chi connectivity index (χ0) is 12.7. The van der Waals surface area contributed by atoms with Gasteiger partial charge in [0.2, 0.25) is 0 Å². The number of nitrogens with one attached hydrogen (secondary N) is 1. The highest BCUT2D eigenvalue weighted by atomic mass is 35.5. The number of nitrogens with zero attached hydrogens (tertiary/aromatic N) is 2. The summed E-state index contributed by atoms with van der Waals surface area (Å²) >= 11 is 6.00. The van der Waals surface area contributed by atoms with Gasteiger partial charge in [-0.05, 0) is 30.3 Å². The SMILES string of the molecule is O=c1[nH]c2ncccc2n1-c1cc(F)ccc1Cl. The molecule has 4 nitrogen and oxygen atoms in total. The lowest BCUT2D eigenvalue weighted by Crippen LogP contribution is -2.15. The first-order valence-electron chi connectivity index (χ1n) is 5.18. The number of H-pyrrole nitrogens is 1. The van der Waals surface area contributed by atoms with E-state index in [9.17, 15) is 9.18 Å². The molecule has 0 unspecified atom stereocenters. The van der Waals surface area contributed by atoms with Gasteiger partial charge in [0, 0.05) is 6.20 Å². The van der Waals surface area contributed by atoms with E-state index in [1.807, 2.05) is 0 Å². The molecule has 90 valence electrons. The van der Waals surface area contributed by atoms with E-state index < -0.39 is 11.5 Å². The summed E-state index contributed by atoms with van der Waals surface area (Å²) in [5, 5.41) is 0.295. The van der Waals surface area contributed by atoms with Crippen LogP contribution in [0.4, 0.5) is 4.39 Å². The fraction of sp³-hybridized carbons (Fsp3) is 0. The summed E-state index contributed by atoms with van der Waals surface area (Å²) in [5.41, 5.74) is 0.870. The average molecular weight is 264 g/mol. The molecule has 0 fully saturated rings. The molecule has 0 amide bonds. The third kappa shape index (κ3) is 1.60. The molecule has 0 bridgehead atoms. The lowest BCUT2D eigenvalue weighted by molar-refractivity contribution is 0.626. The van der Waals surface area contributed by atoms with Gasteiger partial charge in [-0.15, -0.1) is 0 Å². The molecule has 0 saturated carbocycles. The van der Waals surface area contributed by atoms with Crippen LogP contribution >= 0.6 is 11.6 Å². The number of benzene rings is 1. The van der Waals surface area contributed by atoms with Gasteiger partial charge in [-0.25, -0.2) is 14.2 Å². The Kier molecular flexibility index (Phi) is 2.41. The Labute approximate surface area is 106 Å². The summed E-state index contributed by atoms with van der Waals surface area (Å²) in [6.45, 7) is 0. The van der Waals surface area contributed by atoms with Gasteiger partial charge in [0.05, 0.1) is 16.2 Å². The van der Waals surface area contributed by atoms with Gasteiger partial charge in [0.25, 0.3) is 0 Å². The molecule has 0 spiro atoms.